The highest BCUT2D eigenvalue weighted by Gasteiger charge is 2.51. The summed E-state index contributed by atoms with van der Waals surface area (Å²) in [6.07, 6.45) is 1.80. The molecule has 3 aromatic rings. The van der Waals surface area contributed by atoms with Gasteiger partial charge in [-0.3, -0.25) is 0 Å². The summed E-state index contributed by atoms with van der Waals surface area (Å²) in [5.41, 5.74) is 1.99. The third kappa shape index (κ3) is 2.66. The first-order valence-corrected chi connectivity index (χ1v) is 8.36. The highest BCUT2D eigenvalue weighted by molar-refractivity contribution is 6.62. The Balaban J connectivity index is 1.70. The lowest BCUT2D eigenvalue weighted by molar-refractivity contribution is 0.00578. The average molecular weight is 338 g/mol. The van der Waals surface area contributed by atoms with Crippen molar-refractivity contribution in [1.29, 1.82) is 0 Å². The third-order valence-corrected chi connectivity index (χ3v) is 5.19. The van der Waals surface area contributed by atoms with Crippen LogP contribution in [-0.2, 0) is 9.31 Å². The van der Waals surface area contributed by atoms with Gasteiger partial charge in [0.05, 0.1) is 28.6 Å². The molecule has 0 bridgehead atoms. The van der Waals surface area contributed by atoms with Crippen molar-refractivity contribution >= 4 is 23.5 Å². The second kappa shape index (κ2) is 5.41. The molecular weight excluding hydrogens is 318 g/mol. The summed E-state index contributed by atoms with van der Waals surface area (Å²) in [6.45, 7) is 8.16. The van der Waals surface area contributed by atoms with Crippen molar-refractivity contribution in [3.8, 4) is 5.69 Å². The topological polar surface area (TPSA) is 36.3 Å². The van der Waals surface area contributed by atoms with Crippen molar-refractivity contribution in [3.05, 3.63) is 54.5 Å². The molecule has 1 fully saturated rings. The molecule has 1 aromatic heterocycles. The SMILES string of the molecule is CC1(C)OB(c2ccc3c(cnn3-c3ccc(F)cc3)c2)OC1(C)C. The van der Waals surface area contributed by atoms with Crippen molar-refractivity contribution in [2.24, 2.45) is 0 Å². The van der Waals surface area contributed by atoms with Crippen LogP contribution in [0, 0.1) is 5.82 Å². The molecule has 6 heteroatoms. The molecule has 4 rings (SSSR count). The lowest BCUT2D eigenvalue weighted by atomic mass is 9.79. The minimum atomic E-state index is -0.399. The quantitative estimate of drug-likeness (QED) is 0.672. The van der Waals surface area contributed by atoms with Gasteiger partial charge in [-0.15, -0.1) is 0 Å². The fourth-order valence-electron chi connectivity index (χ4n) is 2.97. The Morgan fingerprint density at radius 3 is 2.24 bits per heavy atom. The first-order valence-electron chi connectivity index (χ1n) is 8.36. The molecule has 1 saturated heterocycles. The number of hydrogen-bond acceptors (Lipinski definition) is 3. The average Bonchev–Trinajstić information content (AvgIpc) is 3.06. The van der Waals surface area contributed by atoms with E-state index in [9.17, 15) is 4.39 Å². The van der Waals surface area contributed by atoms with Crippen LogP contribution in [-0.4, -0.2) is 28.1 Å². The standard InChI is InChI=1S/C19H20BFN2O2/c1-18(2)19(3,4)25-20(24-18)14-5-10-17-13(11-14)12-22-23(17)16-8-6-15(21)7-9-16/h5-12H,1-4H3. The monoisotopic (exact) mass is 338 g/mol. The fourth-order valence-corrected chi connectivity index (χ4v) is 2.97. The Morgan fingerprint density at radius 2 is 1.60 bits per heavy atom. The summed E-state index contributed by atoms with van der Waals surface area (Å²) in [5.74, 6) is -0.261. The molecule has 1 aliphatic rings. The number of fused-ring (bicyclic) bond motifs is 1. The highest BCUT2D eigenvalue weighted by atomic mass is 19.1. The van der Waals surface area contributed by atoms with Gasteiger partial charge < -0.3 is 9.31 Å². The first-order chi connectivity index (χ1) is 11.8. The minimum absolute atomic E-state index is 0.261. The molecule has 0 radical (unpaired) electrons. The molecule has 0 N–H and O–H groups in total. The van der Waals surface area contributed by atoms with Crippen molar-refractivity contribution in [3.63, 3.8) is 0 Å². The Labute approximate surface area is 146 Å². The van der Waals surface area contributed by atoms with Gasteiger partial charge in [-0.1, -0.05) is 12.1 Å². The molecule has 25 heavy (non-hydrogen) atoms. The lowest BCUT2D eigenvalue weighted by Crippen LogP contribution is -2.41. The number of benzene rings is 2. The van der Waals surface area contributed by atoms with Crippen LogP contribution in [0.2, 0.25) is 0 Å². The van der Waals surface area contributed by atoms with E-state index in [-0.39, 0.29) is 17.0 Å². The summed E-state index contributed by atoms with van der Waals surface area (Å²) in [5, 5.41) is 5.42. The van der Waals surface area contributed by atoms with Crippen LogP contribution in [0.5, 0.6) is 0 Å². The van der Waals surface area contributed by atoms with Crippen LogP contribution < -0.4 is 5.46 Å². The van der Waals surface area contributed by atoms with Gasteiger partial charge in [0, 0.05) is 5.39 Å². The molecule has 128 valence electrons. The summed E-state index contributed by atoms with van der Waals surface area (Å²) in [6, 6.07) is 12.3. The minimum Gasteiger partial charge on any atom is -0.399 e. The summed E-state index contributed by atoms with van der Waals surface area (Å²) >= 11 is 0. The van der Waals surface area contributed by atoms with Crippen LogP contribution in [0.1, 0.15) is 27.7 Å². The summed E-state index contributed by atoms with van der Waals surface area (Å²) in [7, 11) is -0.399. The van der Waals surface area contributed by atoms with Gasteiger partial charge in [0.2, 0.25) is 0 Å². The molecule has 0 aliphatic carbocycles. The molecule has 0 atom stereocenters. The van der Waals surface area contributed by atoms with Crippen molar-refractivity contribution < 1.29 is 13.7 Å². The Morgan fingerprint density at radius 1 is 0.960 bits per heavy atom. The second-order valence-corrected chi connectivity index (χ2v) is 7.44. The third-order valence-electron chi connectivity index (χ3n) is 5.19. The molecule has 0 spiro atoms. The number of nitrogens with zero attached hydrogens (tertiary/aromatic N) is 2. The summed E-state index contributed by atoms with van der Waals surface area (Å²) < 4.78 is 27.2. The zero-order valence-corrected chi connectivity index (χ0v) is 14.8. The fraction of sp³-hybridized carbons (Fsp3) is 0.316. The van der Waals surface area contributed by atoms with Gasteiger partial charge in [-0.05, 0) is 63.5 Å². The van der Waals surface area contributed by atoms with Gasteiger partial charge in [0.1, 0.15) is 5.82 Å². The smallest absolute Gasteiger partial charge is 0.399 e. The van der Waals surface area contributed by atoms with Crippen LogP contribution in [0.3, 0.4) is 0 Å². The van der Waals surface area contributed by atoms with Gasteiger partial charge in [-0.25, -0.2) is 9.07 Å². The van der Waals surface area contributed by atoms with E-state index in [1.165, 1.54) is 12.1 Å². The summed E-state index contributed by atoms with van der Waals surface area (Å²) in [4.78, 5) is 0. The first kappa shape index (κ1) is 16.3. The number of halogens is 1. The number of aromatic nitrogens is 2. The van der Waals surface area contributed by atoms with E-state index in [4.69, 9.17) is 9.31 Å². The van der Waals surface area contributed by atoms with E-state index in [1.54, 1.807) is 23.0 Å². The zero-order chi connectivity index (χ0) is 17.8. The molecule has 0 saturated carbocycles. The van der Waals surface area contributed by atoms with Gasteiger partial charge in [-0.2, -0.15) is 5.10 Å². The molecule has 2 aromatic carbocycles. The van der Waals surface area contributed by atoms with Crippen molar-refractivity contribution in [2.45, 2.75) is 38.9 Å². The Kier molecular flexibility index (Phi) is 3.53. The predicted molar refractivity (Wildman–Crippen MR) is 96.7 cm³/mol. The molecule has 1 aliphatic heterocycles. The van der Waals surface area contributed by atoms with Crippen LogP contribution in [0.25, 0.3) is 16.6 Å². The predicted octanol–water partition coefficient (Wildman–Crippen LogP) is 3.46. The van der Waals surface area contributed by atoms with E-state index in [2.05, 4.69) is 5.10 Å². The lowest BCUT2D eigenvalue weighted by Gasteiger charge is -2.32. The maximum Gasteiger partial charge on any atom is 0.494 e. The highest BCUT2D eigenvalue weighted by Crippen LogP contribution is 2.36. The number of hydrogen-bond donors (Lipinski definition) is 0. The molecule has 2 heterocycles. The van der Waals surface area contributed by atoms with E-state index in [0.29, 0.717) is 0 Å². The normalized spacial score (nSPS) is 18.8. The van der Waals surface area contributed by atoms with E-state index in [0.717, 1.165) is 22.1 Å². The molecule has 4 nitrogen and oxygen atoms in total. The maximum absolute atomic E-state index is 13.1. The zero-order valence-electron chi connectivity index (χ0n) is 14.8. The van der Waals surface area contributed by atoms with Crippen LogP contribution >= 0.6 is 0 Å². The van der Waals surface area contributed by atoms with Gasteiger partial charge in [0.15, 0.2) is 0 Å². The number of rotatable bonds is 2. The largest absolute Gasteiger partial charge is 0.494 e. The van der Waals surface area contributed by atoms with Crippen molar-refractivity contribution in [2.75, 3.05) is 0 Å². The molecular formula is C19H20BFN2O2. The second-order valence-electron chi connectivity index (χ2n) is 7.44. The van der Waals surface area contributed by atoms with Gasteiger partial charge in [0.25, 0.3) is 0 Å². The Hall–Kier alpha value is -2.18. The molecule has 0 unspecified atom stereocenters. The van der Waals surface area contributed by atoms with E-state index in [1.807, 2.05) is 45.9 Å². The maximum atomic E-state index is 13.1. The van der Waals surface area contributed by atoms with Crippen LogP contribution in [0.4, 0.5) is 4.39 Å². The van der Waals surface area contributed by atoms with Gasteiger partial charge >= 0.3 is 7.12 Å². The van der Waals surface area contributed by atoms with Crippen LogP contribution in [0.15, 0.2) is 48.7 Å². The molecule has 0 amide bonds. The van der Waals surface area contributed by atoms with Crippen molar-refractivity contribution in [1.82, 2.24) is 9.78 Å². The van der Waals surface area contributed by atoms with E-state index < -0.39 is 7.12 Å². The Bertz CT molecular complexity index is 918. The van der Waals surface area contributed by atoms with E-state index >= 15 is 0 Å².